The van der Waals surface area contributed by atoms with Gasteiger partial charge in [0.15, 0.2) is 0 Å². The topological polar surface area (TPSA) is 46.5 Å². The fourth-order valence-corrected chi connectivity index (χ4v) is 2.73. The Morgan fingerprint density at radius 3 is 2.37 bits per heavy atom. The van der Waals surface area contributed by atoms with Crippen molar-refractivity contribution in [2.75, 3.05) is 6.61 Å². The maximum absolute atomic E-state index is 10.9. The van der Waals surface area contributed by atoms with Gasteiger partial charge in [0.1, 0.15) is 5.75 Å². The van der Waals surface area contributed by atoms with Crippen LogP contribution in [0.2, 0.25) is 0 Å². The molecule has 1 fully saturated rings. The molecule has 1 aromatic rings. The highest BCUT2D eigenvalue weighted by Crippen LogP contribution is 2.36. The zero-order valence-corrected chi connectivity index (χ0v) is 11.5. The second-order valence-corrected chi connectivity index (χ2v) is 5.30. The summed E-state index contributed by atoms with van der Waals surface area (Å²) in [7, 11) is 0. The number of carboxylic acid groups (broad SMARTS) is 1. The molecule has 0 atom stereocenters. The molecule has 1 aliphatic carbocycles. The van der Waals surface area contributed by atoms with Crippen LogP contribution in [0, 0.1) is 5.92 Å². The molecule has 3 heteroatoms. The molecule has 3 nitrogen and oxygen atoms in total. The van der Waals surface area contributed by atoms with Gasteiger partial charge in [-0.25, -0.2) is 0 Å². The normalized spacial score (nSPS) is 23.0. The van der Waals surface area contributed by atoms with Gasteiger partial charge in [-0.3, -0.25) is 4.79 Å². The number of hydrogen-bond acceptors (Lipinski definition) is 2. The van der Waals surface area contributed by atoms with Crippen molar-refractivity contribution >= 4 is 5.97 Å². The van der Waals surface area contributed by atoms with Crippen LogP contribution >= 0.6 is 0 Å². The van der Waals surface area contributed by atoms with Crippen LogP contribution in [0.1, 0.15) is 50.5 Å². The number of benzene rings is 1. The summed E-state index contributed by atoms with van der Waals surface area (Å²) in [5.74, 6) is 0.658. The van der Waals surface area contributed by atoms with E-state index in [-0.39, 0.29) is 5.92 Å². The monoisotopic (exact) mass is 262 g/mol. The molecule has 1 N–H and O–H groups in total. The van der Waals surface area contributed by atoms with E-state index in [0.717, 1.165) is 44.5 Å². The SMILES string of the molecule is CCCOc1ccc(C2CCC(C(=O)O)CC2)cc1. The van der Waals surface area contributed by atoms with Gasteiger partial charge in [-0.1, -0.05) is 19.1 Å². The Labute approximate surface area is 114 Å². The molecule has 1 saturated carbocycles. The first kappa shape index (κ1) is 13.9. The first-order valence-corrected chi connectivity index (χ1v) is 7.16. The van der Waals surface area contributed by atoms with Crippen LogP contribution in [0.25, 0.3) is 0 Å². The molecule has 0 heterocycles. The van der Waals surface area contributed by atoms with E-state index >= 15 is 0 Å². The van der Waals surface area contributed by atoms with Gasteiger partial charge in [0.05, 0.1) is 12.5 Å². The number of carbonyl (C=O) groups is 1. The lowest BCUT2D eigenvalue weighted by Crippen LogP contribution is -2.20. The van der Waals surface area contributed by atoms with Crippen LogP contribution in [-0.4, -0.2) is 17.7 Å². The van der Waals surface area contributed by atoms with Crippen molar-refractivity contribution in [3.63, 3.8) is 0 Å². The number of rotatable bonds is 5. The summed E-state index contributed by atoms with van der Waals surface area (Å²) in [5, 5.41) is 9.00. The summed E-state index contributed by atoms with van der Waals surface area (Å²) in [4.78, 5) is 10.9. The Bertz CT molecular complexity index is 403. The van der Waals surface area contributed by atoms with Crippen molar-refractivity contribution in [3.05, 3.63) is 29.8 Å². The summed E-state index contributed by atoms with van der Waals surface area (Å²) >= 11 is 0. The van der Waals surface area contributed by atoms with Crippen LogP contribution in [0.4, 0.5) is 0 Å². The zero-order chi connectivity index (χ0) is 13.7. The number of aliphatic carboxylic acids is 1. The summed E-state index contributed by atoms with van der Waals surface area (Å²) in [5.41, 5.74) is 1.31. The van der Waals surface area contributed by atoms with E-state index in [2.05, 4.69) is 19.1 Å². The standard InChI is InChI=1S/C16H22O3/c1-2-11-19-15-9-7-13(8-10-15)12-3-5-14(6-4-12)16(17)18/h7-10,12,14H,2-6,11H2,1H3,(H,17,18). The van der Waals surface area contributed by atoms with Crippen molar-refractivity contribution < 1.29 is 14.6 Å². The molecule has 0 bridgehead atoms. The smallest absolute Gasteiger partial charge is 0.306 e. The second-order valence-electron chi connectivity index (χ2n) is 5.30. The van der Waals surface area contributed by atoms with Crippen LogP contribution in [0.3, 0.4) is 0 Å². The van der Waals surface area contributed by atoms with Gasteiger partial charge in [-0.15, -0.1) is 0 Å². The quantitative estimate of drug-likeness (QED) is 0.877. The third kappa shape index (κ3) is 3.72. The Balaban J connectivity index is 1.90. The number of ether oxygens (including phenoxy) is 1. The molecule has 0 radical (unpaired) electrons. The minimum absolute atomic E-state index is 0.136. The van der Waals surface area contributed by atoms with Crippen molar-refractivity contribution in [2.45, 2.75) is 44.9 Å². The molecule has 0 spiro atoms. The highest BCUT2D eigenvalue weighted by molar-refractivity contribution is 5.70. The van der Waals surface area contributed by atoms with Crippen molar-refractivity contribution in [1.82, 2.24) is 0 Å². The Kier molecular flexibility index (Phi) is 4.83. The second kappa shape index (κ2) is 6.60. The highest BCUT2D eigenvalue weighted by atomic mass is 16.5. The van der Waals surface area contributed by atoms with E-state index in [1.807, 2.05) is 12.1 Å². The van der Waals surface area contributed by atoms with E-state index in [0.29, 0.717) is 5.92 Å². The van der Waals surface area contributed by atoms with Gasteiger partial charge in [-0.2, -0.15) is 0 Å². The summed E-state index contributed by atoms with van der Waals surface area (Å²) in [6, 6.07) is 8.29. The van der Waals surface area contributed by atoms with Crippen molar-refractivity contribution in [1.29, 1.82) is 0 Å². The molecule has 0 amide bonds. The molecular formula is C16H22O3. The molecule has 0 saturated heterocycles. The fraction of sp³-hybridized carbons (Fsp3) is 0.562. The van der Waals surface area contributed by atoms with Gasteiger partial charge in [0, 0.05) is 0 Å². The third-order valence-corrected chi connectivity index (χ3v) is 3.90. The molecule has 19 heavy (non-hydrogen) atoms. The Hall–Kier alpha value is -1.51. The lowest BCUT2D eigenvalue weighted by Gasteiger charge is -2.26. The van der Waals surface area contributed by atoms with E-state index in [4.69, 9.17) is 9.84 Å². The van der Waals surface area contributed by atoms with E-state index in [1.165, 1.54) is 5.56 Å². The molecule has 0 aromatic heterocycles. The maximum atomic E-state index is 10.9. The molecule has 104 valence electrons. The van der Waals surface area contributed by atoms with Crippen LogP contribution in [0.5, 0.6) is 5.75 Å². The van der Waals surface area contributed by atoms with Gasteiger partial charge >= 0.3 is 5.97 Å². The van der Waals surface area contributed by atoms with Gasteiger partial charge in [-0.05, 0) is 55.7 Å². The molecule has 2 rings (SSSR count). The molecule has 1 aliphatic rings. The molecular weight excluding hydrogens is 240 g/mol. The van der Waals surface area contributed by atoms with Gasteiger partial charge in [0.2, 0.25) is 0 Å². The van der Waals surface area contributed by atoms with Gasteiger partial charge in [0.25, 0.3) is 0 Å². The van der Waals surface area contributed by atoms with Crippen LogP contribution in [0.15, 0.2) is 24.3 Å². The maximum Gasteiger partial charge on any atom is 0.306 e. The van der Waals surface area contributed by atoms with Crippen LogP contribution in [-0.2, 0) is 4.79 Å². The van der Waals surface area contributed by atoms with E-state index in [9.17, 15) is 4.79 Å². The molecule has 1 aromatic carbocycles. The number of hydrogen-bond donors (Lipinski definition) is 1. The molecule has 0 aliphatic heterocycles. The predicted octanol–water partition coefficient (Wildman–Crippen LogP) is 3.83. The summed E-state index contributed by atoms with van der Waals surface area (Å²) in [6.07, 6.45) is 4.57. The van der Waals surface area contributed by atoms with E-state index in [1.54, 1.807) is 0 Å². The minimum Gasteiger partial charge on any atom is -0.494 e. The summed E-state index contributed by atoms with van der Waals surface area (Å²) < 4.78 is 5.57. The van der Waals surface area contributed by atoms with E-state index < -0.39 is 5.97 Å². The number of carboxylic acids is 1. The average molecular weight is 262 g/mol. The first-order chi connectivity index (χ1) is 9.20. The minimum atomic E-state index is -0.637. The van der Waals surface area contributed by atoms with Gasteiger partial charge < -0.3 is 9.84 Å². The van der Waals surface area contributed by atoms with Crippen molar-refractivity contribution in [2.24, 2.45) is 5.92 Å². The van der Waals surface area contributed by atoms with Crippen molar-refractivity contribution in [3.8, 4) is 5.75 Å². The fourth-order valence-electron chi connectivity index (χ4n) is 2.73. The first-order valence-electron chi connectivity index (χ1n) is 7.16. The zero-order valence-electron chi connectivity index (χ0n) is 11.5. The Morgan fingerprint density at radius 1 is 1.21 bits per heavy atom. The molecule has 0 unspecified atom stereocenters. The lowest BCUT2D eigenvalue weighted by molar-refractivity contribution is -0.142. The average Bonchev–Trinajstić information content (AvgIpc) is 2.46. The Morgan fingerprint density at radius 2 is 1.84 bits per heavy atom. The summed E-state index contributed by atoms with van der Waals surface area (Å²) in [6.45, 7) is 2.85. The third-order valence-electron chi connectivity index (χ3n) is 3.90. The highest BCUT2D eigenvalue weighted by Gasteiger charge is 2.26. The van der Waals surface area contributed by atoms with Crippen LogP contribution < -0.4 is 4.74 Å². The predicted molar refractivity (Wildman–Crippen MR) is 74.6 cm³/mol. The largest absolute Gasteiger partial charge is 0.494 e. The lowest BCUT2D eigenvalue weighted by atomic mass is 9.79.